The summed E-state index contributed by atoms with van der Waals surface area (Å²) in [6.07, 6.45) is 0. The molecule has 4 aromatic carbocycles. The second-order valence-electron chi connectivity index (χ2n) is 7.63. The number of phenols is 1. The third-order valence-corrected chi connectivity index (χ3v) is 6.34. The number of hydrogen-bond acceptors (Lipinski definition) is 4. The number of hydrogen-bond donors (Lipinski definition) is 1. The largest absolute Gasteiger partial charge is 0.508 e. The van der Waals surface area contributed by atoms with Crippen molar-refractivity contribution in [1.29, 1.82) is 0 Å². The Morgan fingerprint density at radius 1 is 0.636 bits per heavy atom. The van der Waals surface area contributed by atoms with Crippen molar-refractivity contribution in [2.45, 2.75) is 0 Å². The third-order valence-electron chi connectivity index (χ3n) is 5.75. The molecule has 162 valence electrons. The van der Waals surface area contributed by atoms with E-state index in [4.69, 9.17) is 27.9 Å². The van der Waals surface area contributed by atoms with Crippen LogP contribution in [0.1, 0.15) is 31.8 Å². The molecule has 4 nitrogen and oxygen atoms in total. The van der Waals surface area contributed by atoms with Gasteiger partial charge in [-0.3, -0.25) is 9.59 Å². The highest BCUT2D eigenvalue weighted by molar-refractivity contribution is 6.37. The number of aromatic hydroxyl groups is 1. The molecule has 2 aliphatic rings. The Labute approximate surface area is 200 Å². The number of benzene rings is 4. The highest BCUT2D eigenvalue weighted by Crippen LogP contribution is 2.44. The highest BCUT2D eigenvalue weighted by Gasteiger charge is 2.30. The summed E-state index contributed by atoms with van der Waals surface area (Å²) in [5, 5.41) is 10.4. The van der Waals surface area contributed by atoms with Crippen LogP contribution in [0, 0.1) is 0 Å². The fourth-order valence-electron chi connectivity index (χ4n) is 4.29. The van der Waals surface area contributed by atoms with Crippen LogP contribution in [0.5, 0.6) is 11.5 Å². The van der Waals surface area contributed by atoms with Gasteiger partial charge in [0.2, 0.25) is 0 Å². The average molecular weight is 475 g/mol. The lowest BCUT2D eigenvalue weighted by molar-refractivity contribution is 0.103. The summed E-state index contributed by atoms with van der Waals surface area (Å²) in [5.41, 5.74) is 5.73. The lowest BCUT2D eigenvalue weighted by Gasteiger charge is -2.06. The molecule has 1 N–H and O–H groups in total. The maximum Gasteiger partial charge on any atom is 0.194 e. The molecule has 0 saturated carbocycles. The number of methoxy groups -OCH3 is 1. The molecule has 6 heteroatoms. The summed E-state index contributed by atoms with van der Waals surface area (Å²) >= 11 is 12.3. The zero-order valence-electron chi connectivity index (χ0n) is 17.4. The van der Waals surface area contributed by atoms with Crippen LogP contribution in [-0.2, 0) is 0 Å². The fourth-order valence-corrected chi connectivity index (χ4v) is 4.91. The number of ether oxygens (including phenoxy) is 1. The Balaban J connectivity index is 0.000000139. The van der Waals surface area contributed by atoms with Gasteiger partial charge in [0.05, 0.1) is 17.2 Å². The summed E-state index contributed by atoms with van der Waals surface area (Å²) in [6.45, 7) is 0. The van der Waals surface area contributed by atoms with Crippen molar-refractivity contribution in [2.24, 2.45) is 0 Å². The van der Waals surface area contributed by atoms with E-state index in [0.29, 0.717) is 38.0 Å². The molecule has 0 spiro atoms. The molecular formula is C27H16Cl2O4. The van der Waals surface area contributed by atoms with Crippen molar-refractivity contribution in [3.05, 3.63) is 105 Å². The van der Waals surface area contributed by atoms with Gasteiger partial charge >= 0.3 is 0 Å². The van der Waals surface area contributed by atoms with Crippen LogP contribution >= 0.6 is 23.2 Å². The molecule has 0 atom stereocenters. The molecule has 2 aliphatic carbocycles. The van der Waals surface area contributed by atoms with Gasteiger partial charge in [0.15, 0.2) is 11.6 Å². The number of halogens is 2. The first-order valence-electron chi connectivity index (χ1n) is 10.1. The Kier molecular flexibility index (Phi) is 5.20. The van der Waals surface area contributed by atoms with Gasteiger partial charge in [-0.05, 0) is 35.4 Å². The maximum absolute atomic E-state index is 12.2. The lowest BCUT2D eigenvalue weighted by atomic mass is 10.1. The van der Waals surface area contributed by atoms with Gasteiger partial charge in [-0.2, -0.15) is 0 Å². The molecule has 0 aliphatic heterocycles. The molecule has 4 aromatic rings. The van der Waals surface area contributed by atoms with E-state index < -0.39 is 0 Å². The van der Waals surface area contributed by atoms with Crippen molar-refractivity contribution < 1.29 is 19.4 Å². The van der Waals surface area contributed by atoms with Gasteiger partial charge in [-0.1, -0.05) is 71.7 Å². The second kappa shape index (κ2) is 8.07. The van der Waals surface area contributed by atoms with Crippen molar-refractivity contribution >= 4 is 34.8 Å². The average Bonchev–Trinajstić information content (AvgIpc) is 3.27. The molecule has 0 heterocycles. The molecule has 0 fully saturated rings. The van der Waals surface area contributed by atoms with Crippen LogP contribution in [0.15, 0.2) is 72.8 Å². The van der Waals surface area contributed by atoms with Gasteiger partial charge in [0.1, 0.15) is 11.5 Å². The molecule has 0 aromatic heterocycles. The monoisotopic (exact) mass is 474 g/mol. The maximum atomic E-state index is 12.2. The predicted molar refractivity (Wildman–Crippen MR) is 129 cm³/mol. The van der Waals surface area contributed by atoms with Crippen molar-refractivity contribution in [3.63, 3.8) is 0 Å². The lowest BCUT2D eigenvalue weighted by Crippen LogP contribution is -1.95. The summed E-state index contributed by atoms with van der Waals surface area (Å²) in [5.74, 6) is 0.555. The van der Waals surface area contributed by atoms with E-state index in [0.717, 1.165) is 22.3 Å². The topological polar surface area (TPSA) is 63.6 Å². The van der Waals surface area contributed by atoms with Crippen LogP contribution in [0.4, 0.5) is 0 Å². The molecular weight excluding hydrogens is 459 g/mol. The van der Waals surface area contributed by atoms with E-state index in [9.17, 15) is 14.7 Å². The minimum atomic E-state index is -0.0802. The second-order valence-corrected chi connectivity index (χ2v) is 8.45. The predicted octanol–water partition coefficient (Wildman–Crippen LogP) is 6.82. The quantitative estimate of drug-likeness (QED) is 0.284. The summed E-state index contributed by atoms with van der Waals surface area (Å²) < 4.78 is 5.13. The van der Waals surface area contributed by atoms with Crippen molar-refractivity contribution in [1.82, 2.24) is 0 Å². The van der Waals surface area contributed by atoms with Crippen LogP contribution in [-0.4, -0.2) is 23.8 Å². The third kappa shape index (κ3) is 3.39. The van der Waals surface area contributed by atoms with E-state index in [1.54, 1.807) is 25.3 Å². The molecule has 0 amide bonds. The number of carbonyl (C=O) groups is 2. The van der Waals surface area contributed by atoms with E-state index in [1.807, 2.05) is 42.5 Å². The van der Waals surface area contributed by atoms with E-state index in [2.05, 4.69) is 0 Å². The molecule has 0 unspecified atom stereocenters. The van der Waals surface area contributed by atoms with Crippen LogP contribution in [0.3, 0.4) is 0 Å². The Hall–Kier alpha value is -3.60. The number of fused-ring (bicyclic) bond motifs is 6. The van der Waals surface area contributed by atoms with Gasteiger partial charge < -0.3 is 9.84 Å². The smallest absolute Gasteiger partial charge is 0.194 e. The minimum absolute atomic E-state index is 0.0106. The van der Waals surface area contributed by atoms with Gasteiger partial charge in [0, 0.05) is 33.4 Å². The zero-order chi connectivity index (χ0) is 23.3. The zero-order valence-corrected chi connectivity index (χ0v) is 18.9. The number of rotatable bonds is 1. The van der Waals surface area contributed by atoms with Crippen molar-refractivity contribution in [3.8, 4) is 33.8 Å². The van der Waals surface area contributed by atoms with E-state index >= 15 is 0 Å². The Bertz CT molecular complexity index is 1470. The van der Waals surface area contributed by atoms with Gasteiger partial charge in [-0.15, -0.1) is 0 Å². The molecule has 0 bridgehead atoms. The Morgan fingerprint density at radius 2 is 1.09 bits per heavy atom. The molecule has 6 rings (SSSR count). The van der Waals surface area contributed by atoms with Gasteiger partial charge in [-0.25, -0.2) is 0 Å². The van der Waals surface area contributed by atoms with Crippen LogP contribution in [0.2, 0.25) is 10.0 Å². The SMILES string of the molecule is COc1cc(Cl)c2c(c1)C(=O)c1ccccc1-2.O=C1c2ccccc2-c2c(Cl)cc(O)cc21. The first kappa shape index (κ1) is 21.3. The van der Waals surface area contributed by atoms with Gasteiger partial charge in [0.25, 0.3) is 0 Å². The number of carbonyl (C=O) groups excluding carboxylic acids is 2. The summed E-state index contributed by atoms with van der Waals surface area (Å²) in [4.78, 5) is 24.2. The normalized spacial score (nSPS) is 12.3. The molecule has 33 heavy (non-hydrogen) atoms. The fraction of sp³-hybridized carbons (Fsp3) is 0.0370. The first-order valence-corrected chi connectivity index (χ1v) is 10.8. The summed E-state index contributed by atoms with van der Waals surface area (Å²) in [7, 11) is 1.56. The first-order chi connectivity index (χ1) is 15.9. The molecule has 0 radical (unpaired) electrons. The van der Waals surface area contributed by atoms with Crippen LogP contribution < -0.4 is 4.74 Å². The highest BCUT2D eigenvalue weighted by atomic mass is 35.5. The number of phenolic OH excluding ortho intramolecular Hbond substituents is 1. The molecule has 0 saturated heterocycles. The van der Waals surface area contributed by atoms with Crippen molar-refractivity contribution in [2.75, 3.05) is 7.11 Å². The minimum Gasteiger partial charge on any atom is -0.508 e. The van der Waals surface area contributed by atoms with Crippen LogP contribution in [0.25, 0.3) is 22.3 Å². The Morgan fingerprint density at radius 3 is 1.61 bits per heavy atom. The number of ketones is 2. The standard InChI is InChI=1S/C14H9ClO2.C13H7ClO2/c1-17-8-6-11-13(12(15)7-8)9-4-2-3-5-10(9)14(11)16;14-11-6-7(15)5-10-12(11)8-3-1-2-4-9(8)13(10)16/h2-7H,1H3;1-6,15H. The van der Waals surface area contributed by atoms with E-state index in [-0.39, 0.29) is 17.3 Å². The van der Waals surface area contributed by atoms with E-state index in [1.165, 1.54) is 12.1 Å². The summed E-state index contributed by atoms with van der Waals surface area (Å²) in [6, 6.07) is 21.2.